The van der Waals surface area contributed by atoms with E-state index in [1.54, 1.807) is 7.11 Å². The van der Waals surface area contributed by atoms with Crippen LogP contribution < -0.4 is 0 Å². The lowest BCUT2D eigenvalue weighted by Gasteiger charge is -2.13. The average Bonchev–Trinajstić information content (AvgIpc) is 2.97. The molecule has 2 unspecified atom stereocenters. The summed E-state index contributed by atoms with van der Waals surface area (Å²) in [6.45, 7) is 1.57. The Labute approximate surface area is 95.2 Å². The molecule has 16 heavy (non-hydrogen) atoms. The molecule has 0 aliphatic heterocycles. The first-order valence-electron chi connectivity index (χ1n) is 6.04. The second-order valence-corrected chi connectivity index (χ2v) is 4.83. The summed E-state index contributed by atoms with van der Waals surface area (Å²) >= 11 is 0. The van der Waals surface area contributed by atoms with Crippen LogP contribution in [0.5, 0.6) is 0 Å². The molecular weight excluding hydrogens is 204 g/mol. The molecule has 0 spiro atoms. The van der Waals surface area contributed by atoms with Gasteiger partial charge in [0.05, 0.1) is 25.5 Å². The minimum atomic E-state index is 0.0749. The first-order chi connectivity index (χ1) is 7.85. The van der Waals surface area contributed by atoms with Crippen molar-refractivity contribution in [3.05, 3.63) is 17.0 Å². The van der Waals surface area contributed by atoms with Crippen LogP contribution in [0.3, 0.4) is 0 Å². The normalized spacial score (nSPS) is 26.4. The number of ether oxygens (including phenoxy) is 1. The Morgan fingerprint density at radius 3 is 3.00 bits per heavy atom. The van der Waals surface area contributed by atoms with Gasteiger partial charge in [0.15, 0.2) is 0 Å². The molecule has 0 radical (unpaired) electrons. The number of methoxy groups -OCH3 is 1. The standard InChI is InChI=1S/C12H18N2O2/c1-16-5-4-14-12-9-3-2-8(6-9)11(12)10(7-15)13-14/h8-9,15H,2-7H2,1H3. The van der Waals surface area contributed by atoms with Crippen LogP contribution in [0.25, 0.3) is 0 Å². The number of aromatic nitrogens is 2. The number of rotatable bonds is 4. The Bertz CT molecular complexity index is 400. The Balaban J connectivity index is 1.98. The van der Waals surface area contributed by atoms with Gasteiger partial charge in [0.25, 0.3) is 0 Å². The fraction of sp³-hybridized carbons (Fsp3) is 0.750. The lowest BCUT2D eigenvalue weighted by molar-refractivity contribution is 0.181. The van der Waals surface area contributed by atoms with E-state index < -0.39 is 0 Å². The minimum absolute atomic E-state index is 0.0749. The summed E-state index contributed by atoms with van der Waals surface area (Å²) in [7, 11) is 1.71. The van der Waals surface area contributed by atoms with Gasteiger partial charge in [-0.15, -0.1) is 0 Å². The van der Waals surface area contributed by atoms with E-state index in [1.807, 2.05) is 0 Å². The Morgan fingerprint density at radius 1 is 1.44 bits per heavy atom. The number of hydrogen-bond donors (Lipinski definition) is 1. The monoisotopic (exact) mass is 222 g/mol. The summed E-state index contributed by atoms with van der Waals surface area (Å²) in [6.07, 6.45) is 3.84. The van der Waals surface area contributed by atoms with Gasteiger partial charge in [-0.3, -0.25) is 4.68 Å². The number of hydrogen-bond acceptors (Lipinski definition) is 3. The molecule has 1 N–H and O–H groups in total. The zero-order chi connectivity index (χ0) is 11.1. The Hall–Kier alpha value is -0.870. The van der Waals surface area contributed by atoms with Gasteiger partial charge in [0, 0.05) is 24.3 Å². The molecule has 1 saturated carbocycles. The van der Waals surface area contributed by atoms with Gasteiger partial charge in [0.1, 0.15) is 0 Å². The maximum Gasteiger partial charge on any atom is 0.0916 e. The highest BCUT2D eigenvalue weighted by atomic mass is 16.5. The predicted octanol–water partition coefficient (Wildman–Crippen LogP) is 1.39. The van der Waals surface area contributed by atoms with E-state index in [0.717, 1.165) is 12.2 Å². The lowest BCUT2D eigenvalue weighted by atomic mass is 9.95. The van der Waals surface area contributed by atoms with Gasteiger partial charge in [-0.05, 0) is 25.2 Å². The molecule has 1 aromatic rings. The van der Waals surface area contributed by atoms with Gasteiger partial charge < -0.3 is 9.84 Å². The van der Waals surface area contributed by atoms with Crippen molar-refractivity contribution in [3.63, 3.8) is 0 Å². The smallest absolute Gasteiger partial charge is 0.0916 e. The van der Waals surface area contributed by atoms with Crippen LogP contribution in [0.15, 0.2) is 0 Å². The average molecular weight is 222 g/mol. The fourth-order valence-electron chi connectivity index (χ4n) is 3.37. The van der Waals surface area contributed by atoms with Crippen LogP contribution >= 0.6 is 0 Å². The highest BCUT2D eigenvalue weighted by molar-refractivity contribution is 5.40. The SMILES string of the molecule is COCCn1nc(CO)c2c1C1CCC2C1. The second-order valence-electron chi connectivity index (χ2n) is 4.83. The van der Waals surface area contributed by atoms with Crippen LogP contribution in [0.1, 0.15) is 48.0 Å². The van der Waals surface area contributed by atoms with Crippen LogP contribution in [0.2, 0.25) is 0 Å². The Morgan fingerprint density at radius 2 is 2.25 bits per heavy atom. The van der Waals surface area contributed by atoms with Crippen molar-refractivity contribution in [2.45, 2.75) is 44.2 Å². The molecule has 0 saturated heterocycles. The molecular formula is C12H18N2O2. The van der Waals surface area contributed by atoms with E-state index in [2.05, 4.69) is 9.78 Å². The first-order valence-corrected chi connectivity index (χ1v) is 6.04. The first kappa shape index (κ1) is 10.3. The largest absolute Gasteiger partial charge is 0.390 e. The third-order valence-corrected chi connectivity index (χ3v) is 3.99. The maximum atomic E-state index is 9.36. The summed E-state index contributed by atoms with van der Waals surface area (Å²) in [5.41, 5.74) is 3.64. The molecule has 4 heteroatoms. The van der Waals surface area contributed by atoms with Crippen molar-refractivity contribution < 1.29 is 9.84 Å². The molecule has 1 aromatic heterocycles. The molecule has 2 aliphatic carbocycles. The van der Waals surface area contributed by atoms with Gasteiger partial charge in [-0.25, -0.2) is 0 Å². The molecule has 1 fully saturated rings. The van der Waals surface area contributed by atoms with Gasteiger partial charge in [-0.1, -0.05) is 0 Å². The third kappa shape index (κ3) is 1.33. The summed E-state index contributed by atoms with van der Waals surface area (Å²) in [6, 6.07) is 0. The van der Waals surface area contributed by atoms with Crippen LogP contribution in [0, 0.1) is 0 Å². The van der Waals surface area contributed by atoms with Crippen molar-refractivity contribution >= 4 is 0 Å². The molecule has 2 bridgehead atoms. The van der Waals surface area contributed by atoms with E-state index in [-0.39, 0.29) is 6.61 Å². The third-order valence-electron chi connectivity index (χ3n) is 3.99. The summed E-state index contributed by atoms with van der Waals surface area (Å²) in [5, 5.41) is 13.9. The van der Waals surface area contributed by atoms with Crippen molar-refractivity contribution in [3.8, 4) is 0 Å². The number of aliphatic hydroxyl groups excluding tert-OH is 1. The van der Waals surface area contributed by atoms with E-state index in [0.29, 0.717) is 18.4 Å². The molecule has 3 rings (SSSR count). The molecule has 2 atom stereocenters. The van der Waals surface area contributed by atoms with Gasteiger partial charge >= 0.3 is 0 Å². The lowest BCUT2D eigenvalue weighted by Crippen LogP contribution is -2.11. The zero-order valence-corrected chi connectivity index (χ0v) is 9.65. The number of aliphatic hydroxyl groups is 1. The molecule has 88 valence electrons. The highest BCUT2D eigenvalue weighted by Gasteiger charge is 2.42. The summed E-state index contributed by atoms with van der Waals surface area (Å²) in [4.78, 5) is 0. The van der Waals surface area contributed by atoms with Crippen molar-refractivity contribution in [2.24, 2.45) is 0 Å². The van der Waals surface area contributed by atoms with Gasteiger partial charge in [0.2, 0.25) is 0 Å². The van der Waals surface area contributed by atoms with Crippen molar-refractivity contribution in [1.29, 1.82) is 0 Å². The quantitative estimate of drug-likeness (QED) is 0.837. The van der Waals surface area contributed by atoms with Crippen molar-refractivity contribution in [2.75, 3.05) is 13.7 Å². The van der Waals surface area contributed by atoms with Crippen LogP contribution in [0.4, 0.5) is 0 Å². The zero-order valence-electron chi connectivity index (χ0n) is 9.65. The highest BCUT2D eigenvalue weighted by Crippen LogP contribution is 2.54. The molecule has 0 amide bonds. The number of fused-ring (bicyclic) bond motifs is 5. The van der Waals surface area contributed by atoms with Crippen molar-refractivity contribution in [1.82, 2.24) is 9.78 Å². The summed E-state index contributed by atoms with van der Waals surface area (Å²) < 4.78 is 7.17. The van der Waals surface area contributed by atoms with Gasteiger partial charge in [-0.2, -0.15) is 5.10 Å². The van der Waals surface area contributed by atoms with Crippen LogP contribution in [-0.4, -0.2) is 28.6 Å². The number of nitrogens with zero attached hydrogens (tertiary/aromatic N) is 2. The van der Waals surface area contributed by atoms with E-state index in [9.17, 15) is 5.11 Å². The van der Waals surface area contributed by atoms with E-state index in [1.165, 1.54) is 30.5 Å². The summed E-state index contributed by atoms with van der Waals surface area (Å²) in [5.74, 6) is 1.35. The topological polar surface area (TPSA) is 47.3 Å². The van der Waals surface area contributed by atoms with Crippen LogP contribution in [-0.2, 0) is 17.9 Å². The Kier molecular flexibility index (Phi) is 2.48. The fourth-order valence-corrected chi connectivity index (χ4v) is 3.37. The van der Waals surface area contributed by atoms with E-state index in [4.69, 9.17) is 4.74 Å². The van der Waals surface area contributed by atoms with E-state index >= 15 is 0 Å². The molecule has 1 heterocycles. The maximum absolute atomic E-state index is 9.36. The molecule has 4 nitrogen and oxygen atoms in total. The molecule has 2 aliphatic rings. The second kappa shape index (κ2) is 3.86. The predicted molar refractivity (Wildman–Crippen MR) is 59.4 cm³/mol. The molecule has 0 aromatic carbocycles. The minimum Gasteiger partial charge on any atom is -0.390 e.